The first-order valence-corrected chi connectivity index (χ1v) is 32.3. The largest absolute Gasteiger partial charge is 1.00 e. The van der Waals surface area contributed by atoms with Gasteiger partial charge < -0.3 is 41.3 Å². The number of likely N-dealkylation sites (tertiary alicyclic amines) is 2. The van der Waals surface area contributed by atoms with E-state index in [1.165, 1.54) is 69.7 Å². The van der Waals surface area contributed by atoms with E-state index in [0.29, 0.717) is 23.7 Å². The Balaban J connectivity index is -0.000000786. The van der Waals surface area contributed by atoms with Gasteiger partial charge in [0.05, 0.1) is 40.4 Å². The van der Waals surface area contributed by atoms with Crippen LogP contribution < -0.4 is 12.4 Å². The number of nitrogens with zero attached hydrogens (tertiary/aromatic N) is 7. The minimum atomic E-state index is -0.631. The second kappa shape index (κ2) is 38.6. The number of methoxy groups -OCH3 is 1. The van der Waals surface area contributed by atoms with Gasteiger partial charge in [0.25, 0.3) is 0 Å². The number of rotatable bonds is 14. The lowest BCUT2D eigenvalue weighted by atomic mass is 10.2. The number of likely N-dealkylation sites (N-methyl/N-ethyl adjacent to an activating group) is 1. The maximum atomic E-state index is 9.68. The zero-order valence-electron chi connectivity index (χ0n) is 51.2. The molecule has 2 unspecified atom stereocenters. The Morgan fingerprint density at radius 1 is 0.535 bits per heavy atom. The highest BCUT2D eigenvalue weighted by Gasteiger charge is 2.31. The lowest BCUT2D eigenvalue weighted by Gasteiger charge is -2.33. The summed E-state index contributed by atoms with van der Waals surface area (Å²) >= 11 is 12.0. The van der Waals surface area contributed by atoms with Crippen LogP contribution in [0, 0.1) is 0 Å². The highest BCUT2D eigenvalue weighted by Crippen LogP contribution is 2.30. The molecular weight excluding hydrogens is 1020 g/mol. The number of ether oxygens (including phenoxy) is 2. The van der Waals surface area contributed by atoms with Gasteiger partial charge in [0.15, 0.2) is 6.29 Å². The van der Waals surface area contributed by atoms with Crippen LogP contribution in [0.5, 0.6) is 0 Å². The molecular formula is C54H120ClN7O3S6. The lowest BCUT2D eigenvalue weighted by Crippen LogP contribution is -3.00. The Kier molecular flexibility index (Phi) is 41.9. The normalized spacial score (nSPS) is 19.9. The van der Waals surface area contributed by atoms with Gasteiger partial charge >= 0.3 is 0 Å². The molecule has 4 aliphatic heterocycles. The van der Waals surface area contributed by atoms with Crippen molar-refractivity contribution in [2.24, 2.45) is 0 Å². The summed E-state index contributed by atoms with van der Waals surface area (Å²) in [5.74, 6) is 6.84. The predicted molar refractivity (Wildman–Crippen MR) is 330 cm³/mol. The third-order valence-electron chi connectivity index (χ3n) is 10.2. The lowest BCUT2D eigenvalue weighted by molar-refractivity contribution is -0.857. The highest BCUT2D eigenvalue weighted by atomic mass is 35.5. The average molecular weight is 1140 g/mol. The van der Waals surface area contributed by atoms with E-state index in [4.69, 9.17) is 9.47 Å². The van der Waals surface area contributed by atoms with E-state index in [1.807, 2.05) is 58.8 Å². The van der Waals surface area contributed by atoms with E-state index in [2.05, 4.69) is 208 Å². The van der Waals surface area contributed by atoms with Gasteiger partial charge in [-0.3, -0.25) is 19.6 Å². The summed E-state index contributed by atoms with van der Waals surface area (Å²) < 4.78 is 13.6. The van der Waals surface area contributed by atoms with Crippen LogP contribution in [0.1, 0.15) is 150 Å². The number of halogens is 1. The van der Waals surface area contributed by atoms with Gasteiger partial charge in [-0.05, 0) is 66.5 Å². The van der Waals surface area contributed by atoms with Gasteiger partial charge in [0.1, 0.15) is 5.88 Å². The molecule has 4 fully saturated rings. The Morgan fingerprint density at radius 3 is 1.23 bits per heavy atom. The summed E-state index contributed by atoms with van der Waals surface area (Å²) in [7, 11) is 14.6. The molecule has 0 aromatic rings. The molecule has 0 aromatic carbocycles. The molecule has 4 rings (SSSR count). The maximum absolute atomic E-state index is 9.68. The van der Waals surface area contributed by atoms with E-state index in [9.17, 15) is 5.11 Å². The van der Waals surface area contributed by atoms with E-state index in [1.54, 1.807) is 7.11 Å². The molecule has 1 N–H and O–H groups in total. The van der Waals surface area contributed by atoms with Crippen LogP contribution in [0.2, 0.25) is 0 Å². The van der Waals surface area contributed by atoms with E-state index in [-0.39, 0.29) is 23.2 Å². The summed E-state index contributed by atoms with van der Waals surface area (Å²) in [4.78, 5) is 14.5. The quantitative estimate of drug-likeness (QED) is 0.133. The first-order chi connectivity index (χ1) is 31.7. The van der Waals surface area contributed by atoms with E-state index < -0.39 is 6.29 Å². The standard InChI is InChI=1S/C11H23NO2S.C10H22N2S.C9H19NOS.C9H19NS.C8H20NS.C7H17NS.ClH/c1-11(2,3)15-8-12-7-5-6-9(12)10(13)14-4;1-10(2,3)13-9-12-7-5-11(4)6-8-12;1-9(2,3)12-8-10-4-6-11-7-5-10;1-9(2,3)11-8-10-6-4-5-7-10;1-8(2,3)10-7-9(4,5)6;1-7(2,3)9-6-8(4)5;/h9-10,13H,5-8H2,1-4H3;5-9H2,1-4H3;4-8H2,1-3H3;4-8H2,1-3H3;7H2,1-6H3;6H2,1-5H3;1H/q;;;;+1;;/p-1. The van der Waals surface area contributed by atoms with Crippen molar-refractivity contribution in [3.05, 3.63) is 0 Å². The van der Waals surface area contributed by atoms with Crippen LogP contribution in [-0.2, 0) is 9.47 Å². The molecule has 0 aromatic heterocycles. The molecule has 0 bridgehead atoms. The Labute approximate surface area is 476 Å². The molecule has 0 spiro atoms. The zero-order valence-corrected chi connectivity index (χ0v) is 56.9. The summed E-state index contributed by atoms with van der Waals surface area (Å²) in [6.07, 6.45) is 4.39. The summed E-state index contributed by atoms with van der Waals surface area (Å²) in [6.45, 7) is 53.3. The summed E-state index contributed by atoms with van der Waals surface area (Å²) in [5.41, 5.74) is 0. The minimum Gasteiger partial charge on any atom is -1.00 e. The maximum Gasteiger partial charge on any atom is 0.169 e. The minimum absolute atomic E-state index is 0. The van der Waals surface area contributed by atoms with Crippen molar-refractivity contribution in [1.82, 2.24) is 29.4 Å². The number of piperazine rings is 1. The number of morpholine rings is 1. The van der Waals surface area contributed by atoms with Crippen molar-refractivity contribution in [2.45, 2.75) is 191 Å². The molecule has 0 saturated carbocycles. The second-order valence-corrected chi connectivity index (χ2v) is 36.9. The predicted octanol–water partition coefficient (Wildman–Crippen LogP) is 9.23. The van der Waals surface area contributed by atoms with Crippen LogP contribution in [-0.4, -0.2) is 237 Å². The molecule has 4 aliphatic rings. The number of hydrogen-bond acceptors (Lipinski definition) is 15. The molecule has 432 valence electrons. The monoisotopic (exact) mass is 1140 g/mol. The van der Waals surface area contributed by atoms with Gasteiger partial charge in [-0.1, -0.05) is 136 Å². The fourth-order valence-electron chi connectivity index (χ4n) is 5.95. The average Bonchev–Trinajstić information content (AvgIpc) is 3.93. The topological polar surface area (TPSA) is 58.1 Å². The molecule has 0 aliphatic carbocycles. The third kappa shape index (κ3) is 55.1. The van der Waals surface area contributed by atoms with Crippen molar-refractivity contribution in [2.75, 3.05) is 157 Å². The number of quaternary nitrogens is 1. The molecule has 0 radical (unpaired) electrons. The Hall–Kier alpha value is 1.99. The third-order valence-corrected chi connectivity index (χ3v) is 18.9. The second-order valence-electron chi connectivity index (χ2n) is 26.3. The Bertz CT molecular complexity index is 1230. The van der Waals surface area contributed by atoms with Crippen LogP contribution >= 0.6 is 70.6 Å². The van der Waals surface area contributed by atoms with Crippen LogP contribution in [0.25, 0.3) is 0 Å². The summed E-state index contributed by atoms with van der Waals surface area (Å²) in [5, 5.41) is 9.68. The van der Waals surface area contributed by atoms with Crippen molar-refractivity contribution in [3.8, 4) is 0 Å². The Morgan fingerprint density at radius 2 is 0.901 bits per heavy atom. The first kappa shape index (κ1) is 77.2. The summed E-state index contributed by atoms with van der Waals surface area (Å²) in [6, 6.07) is 0.185. The molecule has 0 amide bonds. The van der Waals surface area contributed by atoms with Crippen molar-refractivity contribution in [1.29, 1.82) is 0 Å². The molecule has 2 atom stereocenters. The van der Waals surface area contributed by atoms with Gasteiger partial charge in [0.2, 0.25) is 0 Å². The van der Waals surface area contributed by atoms with Crippen LogP contribution in [0.3, 0.4) is 0 Å². The fraction of sp³-hybridized carbons (Fsp3) is 1.00. The van der Waals surface area contributed by atoms with Gasteiger partial charge in [0, 0.05) is 104 Å². The number of aliphatic hydroxyl groups excluding tert-OH is 1. The van der Waals surface area contributed by atoms with Crippen molar-refractivity contribution >= 4 is 70.6 Å². The van der Waals surface area contributed by atoms with Gasteiger partial charge in [-0.15, -0.1) is 58.8 Å². The van der Waals surface area contributed by atoms with Crippen LogP contribution in [0.15, 0.2) is 0 Å². The van der Waals surface area contributed by atoms with E-state index >= 15 is 0 Å². The zero-order chi connectivity index (χ0) is 54.6. The smallest absolute Gasteiger partial charge is 0.169 e. The van der Waals surface area contributed by atoms with Crippen LogP contribution in [0.4, 0.5) is 0 Å². The molecule has 71 heavy (non-hydrogen) atoms. The molecule has 17 heteroatoms. The van der Waals surface area contributed by atoms with Crippen molar-refractivity contribution < 1.29 is 31.5 Å². The van der Waals surface area contributed by atoms with Gasteiger partial charge in [-0.25, -0.2) is 0 Å². The number of thioether (sulfide) groups is 6. The van der Waals surface area contributed by atoms with Crippen molar-refractivity contribution in [3.63, 3.8) is 0 Å². The fourth-order valence-corrected chi connectivity index (χ4v) is 10.7. The number of aliphatic hydroxyl groups is 1. The first-order valence-electron chi connectivity index (χ1n) is 26.4. The molecule has 10 nitrogen and oxygen atoms in total. The molecule has 4 heterocycles. The number of hydrogen-bond donors (Lipinski definition) is 1. The van der Waals surface area contributed by atoms with E-state index in [0.717, 1.165) is 67.8 Å². The highest BCUT2D eigenvalue weighted by molar-refractivity contribution is 8.01. The SMILES string of the molecule is CC(C)(C)SCN1CCCC1.CC(C)(C)SCN1CCOCC1.CC(C)(C)SC[N+](C)(C)C.CN(C)CSC(C)(C)C.CN1CCN(CSC(C)(C)C)CC1.COC(O)C1CCCN1CSC(C)(C)C.[Cl-]. The van der Waals surface area contributed by atoms with Gasteiger partial charge in [-0.2, -0.15) is 0 Å². The molecule has 4 saturated heterocycles.